The van der Waals surface area contributed by atoms with Crippen LogP contribution in [0.15, 0.2) is 72.9 Å². The Morgan fingerprint density at radius 1 is 0.920 bits per heavy atom. The third-order valence-electron chi connectivity index (χ3n) is 4.40. The number of hydrogen-bond donors (Lipinski definition) is 1. The fraction of sp³-hybridized carbons (Fsp3) is 0.143. The van der Waals surface area contributed by atoms with Crippen LogP contribution in [-0.2, 0) is 6.42 Å². The molecule has 1 aliphatic rings. The largest absolute Gasteiger partial charge is 0.354 e. The van der Waals surface area contributed by atoms with Gasteiger partial charge in [-0.15, -0.1) is 0 Å². The molecule has 2 aromatic carbocycles. The summed E-state index contributed by atoms with van der Waals surface area (Å²) < 4.78 is 0. The summed E-state index contributed by atoms with van der Waals surface area (Å²) in [6.07, 6.45) is 3.71. The number of aryl methyl sites for hydroxylation is 1. The lowest BCUT2D eigenvalue weighted by Gasteiger charge is -2.29. The predicted molar refractivity (Wildman–Crippen MR) is 100 cm³/mol. The van der Waals surface area contributed by atoms with Crippen LogP contribution in [0.2, 0.25) is 0 Å². The van der Waals surface area contributed by atoms with Gasteiger partial charge in [-0.25, -0.2) is 4.98 Å². The van der Waals surface area contributed by atoms with Gasteiger partial charge in [0.2, 0.25) is 0 Å². The standard InChI is InChI=1S/C21H19N3O/c25-21(24-14-6-8-16-7-4-5-11-20(16)24)19-13-12-18(15-22-19)23-17-9-2-1-3-10-17/h1-5,7,9-13,15,23H,6,8,14H2. The number of para-hydroxylation sites is 2. The van der Waals surface area contributed by atoms with Crippen LogP contribution in [0.25, 0.3) is 0 Å². The Hall–Kier alpha value is -3.14. The van der Waals surface area contributed by atoms with Crippen LogP contribution in [0.4, 0.5) is 17.1 Å². The number of benzene rings is 2. The summed E-state index contributed by atoms with van der Waals surface area (Å²) in [6, 6.07) is 21.7. The van der Waals surface area contributed by atoms with Crippen molar-refractivity contribution < 1.29 is 4.79 Å². The number of nitrogens with zero attached hydrogens (tertiary/aromatic N) is 2. The molecule has 1 aliphatic heterocycles. The number of aromatic nitrogens is 1. The third-order valence-corrected chi connectivity index (χ3v) is 4.40. The van der Waals surface area contributed by atoms with E-state index in [1.807, 2.05) is 59.5 Å². The molecule has 124 valence electrons. The highest BCUT2D eigenvalue weighted by molar-refractivity contribution is 6.05. The van der Waals surface area contributed by atoms with Crippen LogP contribution in [0.3, 0.4) is 0 Å². The fourth-order valence-corrected chi connectivity index (χ4v) is 3.17. The summed E-state index contributed by atoms with van der Waals surface area (Å²) in [5, 5.41) is 3.28. The number of carbonyl (C=O) groups excluding carboxylic acids is 1. The van der Waals surface area contributed by atoms with E-state index in [-0.39, 0.29) is 5.91 Å². The first kappa shape index (κ1) is 15.4. The molecule has 25 heavy (non-hydrogen) atoms. The summed E-state index contributed by atoms with van der Waals surface area (Å²) in [6.45, 7) is 0.738. The second-order valence-corrected chi connectivity index (χ2v) is 6.11. The quantitative estimate of drug-likeness (QED) is 0.774. The first-order valence-corrected chi connectivity index (χ1v) is 8.49. The lowest BCUT2D eigenvalue weighted by Crippen LogP contribution is -2.35. The van der Waals surface area contributed by atoms with Gasteiger partial charge in [0.1, 0.15) is 5.69 Å². The van der Waals surface area contributed by atoms with Crippen molar-refractivity contribution in [1.29, 1.82) is 0 Å². The molecule has 3 aromatic rings. The number of fused-ring (bicyclic) bond motifs is 1. The second-order valence-electron chi connectivity index (χ2n) is 6.11. The van der Waals surface area contributed by atoms with Crippen molar-refractivity contribution in [3.8, 4) is 0 Å². The Bertz CT molecular complexity index is 875. The minimum Gasteiger partial charge on any atom is -0.354 e. The Labute approximate surface area is 147 Å². The SMILES string of the molecule is O=C(c1ccc(Nc2ccccc2)cn1)N1CCCc2ccccc21. The second kappa shape index (κ2) is 6.77. The number of pyridine rings is 1. The van der Waals surface area contributed by atoms with Gasteiger partial charge in [-0.1, -0.05) is 36.4 Å². The molecular weight excluding hydrogens is 310 g/mol. The average molecular weight is 329 g/mol. The van der Waals surface area contributed by atoms with Crippen LogP contribution < -0.4 is 10.2 Å². The topological polar surface area (TPSA) is 45.2 Å². The van der Waals surface area contributed by atoms with E-state index in [9.17, 15) is 4.79 Å². The summed E-state index contributed by atoms with van der Waals surface area (Å²) in [5.74, 6) is -0.0431. The van der Waals surface area contributed by atoms with Crippen molar-refractivity contribution in [2.75, 3.05) is 16.8 Å². The van der Waals surface area contributed by atoms with Gasteiger partial charge in [0.15, 0.2) is 0 Å². The smallest absolute Gasteiger partial charge is 0.276 e. The zero-order valence-electron chi connectivity index (χ0n) is 13.9. The molecule has 1 aromatic heterocycles. The molecule has 0 spiro atoms. The molecule has 0 radical (unpaired) electrons. The van der Waals surface area contributed by atoms with Gasteiger partial charge in [0, 0.05) is 17.9 Å². The van der Waals surface area contributed by atoms with Gasteiger partial charge >= 0.3 is 0 Å². The van der Waals surface area contributed by atoms with Crippen molar-refractivity contribution in [2.45, 2.75) is 12.8 Å². The molecule has 0 atom stereocenters. The van der Waals surface area contributed by atoms with Crippen molar-refractivity contribution in [2.24, 2.45) is 0 Å². The van der Waals surface area contributed by atoms with E-state index in [1.54, 1.807) is 12.3 Å². The molecule has 4 rings (SSSR count). The van der Waals surface area contributed by atoms with E-state index in [0.29, 0.717) is 5.69 Å². The van der Waals surface area contributed by atoms with Gasteiger partial charge < -0.3 is 10.2 Å². The van der Waals surface area contributed by atoms with Gasteiger partial charge in [-0.05, 0) is 48.7 Å². The molecule has 4 heteroatoms. The van der Waals surface area contributed by atoms with Gasteiger partial charge in [0.25, 0.3) is 5.91 Å². The van der Waals surface area contributed by atoms with E-state index in [1.165, 1.54) is 5.56 Å². The van der Waals surface area contributed by atoms with Gasteiger partial charge in [-0.3, -0.25) is 4.79 Å². The maximum atomic E-state index is 12.9. The fourth-order valence-electron chi connectivity index (χ4n) is 3.17. The number of nitrogens with one attached hydrogen (secondary N) is 1. The minimum atomic E-state index is -0.0431. The molecular formula is C21H19N3O. The highest BCUT2D eigenvalue weighted by Crippen LogP contribution is 2.28. The van der Waals surface area contributed by atoms with Gasteiger partial charge in [0.05, 0.1) is 11.9 Å². The number of amides is 1. The zero-order chi connectivity index (χ0) is 17.1. The molecule has 0 unspecified atom stereocenters. The van der Waals surface area contributed by atoms with Crippen molar-refractivity contribution in [3.63, 3.8) is 0 Å². The number of anilines is 3. The average Bonchev–Trinajstić information content (AvgIpc) is 2.68. The van der Waals surface area contributed by atoms with Gasteiger partial charge in [-0.2, -0.15) is 0 Å². The summed E-state index contributed by atoms with van der Waals surface area (Å²) in [5.41, 5.74) is 4.56. The van der Waals surface area contributed by atoms with E-state index in [0.717, 1.165) is 36.4 Å². The van der Waals surface area contributed by atoms with Crippen LogP contribution in [0, 0.1) is 0 Å². The number of rotatable bonds is 3. The van der Waals surface area contributed by atoms with E-state index < -0.39 is 0 Å². The Morgan fingerprint density at radius 3 is 2.52 bits per heavy atom. The highest BCUT2D eigenvalue weighted by atomic mass is 16.2. The molecule has 4 nitrogen and oxygen atoms in total. The van der Waals surface area contributed by atoms with Crippen LogP contribution in [-0.4, -0.2) is 17.4 Å². The number of hydrogen-bond acceptors (Lipinski definition) is 3. The molecule has 0 fully saturated rings. The summed E-state index contributed by atoms with van der Waals surface area (Å²) >= 11 is 0. The van der Waals surface area contributed by atoms with Crippen LogP contribution >= 0.6 is 0 Å². The molecule has 0 saturated heterocycles. The highest BCUT2D eigenvalue weighted by Gasteiger charge is 2.23. The first-order valence-electron chi connectivity index (χ1n) is 8.49. The molecule has 1 N–H and O–H groups in total. The monoisotopic (exact) mass is 329 g/mol. The molecule has 0 bridgehead atoms. The van der Waals surface area contributed by atoms with Crippen LogP contribution in [0.1, 0.15) is 22.5 Å². The summed E-state index contributed by atoms with van der Waals surface area (Å²) in [4.78, 5) is 19.1. The third kappa shape index (κ3) is 3.24. The Kier molecular flexibility index (Phi) is 4.17. The lowest BCUT2D eigenvalue weighted by atomic mass is 10.0. The lowest BCUT2D eigenvalue weighted by molar-refractivity contribution is 0.0980. The van der Waals surface area contributed by atoms with Crippen LogP contribution in [0.5, 0.6) is 0 Å². The first-order chi connectivity index (χ1) is 12.3. The summed E-state index contributed by atoms with van der Waals surface area (Å²) in [7, 11) is 0. The number of carbonyl (C=O) groups is 1. The maximum Gasteiger partial charge on any atom is 0.276 e. The predicted octanol–water partition coefficient (Wildman–Crippen LogP) is 4.42. The molecule has 0 saturated carbocycles. The Balaban J connectivity index is 1.54. The molecule has 0 aliphatic carbocycles. The van der Waals surface area contributed by atoms with Crippen molar-refractivity contribution >= 4 is 23.0 Å². The van der Waals surface area contributed by atoms with E-state index >= 15 is 0 Å². The molecule has 1 amide bonds. The minimum absolute atomic E-state index is 0.0431. The van der Waals surface area contributed by atoms with Crippen molar-refractivity contribution in [3.05, 3.63) is 84.2 Å². The Morgan fingerprint density at radius 2 is 1.72 bits per heavy atom. The van der Waals surface area contributed by atoms with E-state index in [4.69, 9.17) is 0 Å². The van der Waals surface area contributed by atoms with Crippen molar-refractivity contribution in [1.82, 2.24) is 4.98 Å². The zero-order valence-corrected chi connectivity index (χ0v) is 13.9. The maximum absolute atomic E-state index is 12.9. The van der Waals surface area contributed by atoms with E-state index in [2.05, 4.69) is 16.4 Å². The molecule has 2 heterocycles. The normalized spacial score (nSPS) is 13.2.